The molecule has 0 spiro atoms. The van der Waals surface area contributed by atoms with E-state index in [1.54, 1.807) is 28.8 Å². The molecule has 0 saturated carbocycles. The summed E-state index contributed by atoms with van der Waals surface area (Å²) >= 11 is 5.87. The first-order valence-electron chi connectivity index (χ1n) is 9.30. The largest absolute Gasteiger partial charge is 0.326 e. The lowest BCUT2D eigenvalue weighted by Crippen LogP contribution is -2.15. The zero-order valence-electron chi connectivity index (χ0n) is 16.2. The molecule has 0 bridgehead atoms. The Morgan fingerprint density at radius 3 is 2.48 bits per heavy atom. The van der Waals surface area contributed by atoms with Crippen molar-refractivity contribution in [2.24, 2.45) is 0 Å². The number of hydrogen-bond acceptors (Lipinski definition) is 4. The molecule has 0 atom stereocenters. The van der Waals surface area contributed by atoms with Crippen molar-refractivity contribution >= 4 is 29.0 Å². The van der Waals surface area contributed by atoms with Crippen LogP contribution in [0.25, 0.3) is 5.78 Å². The van der Waals surface area contributed by atoms with Crippen LogP contribution < -0.4 is 5.32 Å². The molecule has 0 aliphatic heterocycles. The summed E-state index contributed by atoms with van der Waals surface area (Å²) in [5.74, 6) is 0.747. The van der Waals surface area contributed by atoms with E-state index in [1.807, 2.05) is 32.0 Å². The molecular formula is C22H20ClN5O. The molecule has 2 heterocycles. The molecule has 0 aliphatic rings. The van der Waals surface area contributed by atoms with Gasteiger partial charge in [-0.1, -0.05) is 41.9 Å². The van der Waals surface area contributed by atoms with E-state index in [0.29, 0.717) is 22.3 Å². The molecule has 146 valence electrons. The molecule has 6 nitrogen and oxygen atoms in total. The number of hydrogen-bond donors (Lipinski definition) is 1. The molecule has 0 radical (unpaired) electrons. The predicted molar refractivity (Wildman–Crippen MR) is 113 cm³/mol. The molecule has 7 heteroatoms. The summed E-state index contributed by atoms with van der Waals surface area (Å²) in [4.78, 5) is 21.4. The maximum Gasteiger partial charge on any atom is 0.252 e. The third-order valence-corrected chi connectivity index (χ3v) is 5.02. The summed E-state index contributed by atoms with van der Waals surface area (Å²) in [6.07, 6.45) is 0.839. The van der Waals surface area contributed by atoms with Gasteiger partial charge in [-0.15, -0.1) is 5.10 Å². The Hall–Kier alpha value is -3.25. The molecule has 1 N–H and O–H groups in total. The summed E-state index contributed by atoms with van der Waals surface area (Å²) in [6, 6.07) is 17.2. The highest BCUT2D eigenvalue weighted by atomic mass is 35.5. The summed E-state index contributed by atoms with van der Waals surface area (Å²) < 4.78 is 1.72. The second-order valence-electron chi connectivity index (χ2n) is 6.90. The number of anilines is 1. The molecule has 2 aromatic heterocycles. The average molecular weight is 406 g/mol. The Morgan fingerprint density at radius 2 is 1.76 bits per heavy atom. The van der Waals surface area contributed by atoms with Crippen LogP contribution in [0.2, 0.25) is 5.02 Å². The molecule has 1 amide bonds. The summed E-state index contributed by atoms with van der Waals surface area (Å²) in [7, 11) is 0. The number of rotatable bonds is 5. The van der Waals surface area contributed by atoms with Gasteiger partial charge in [-0.25, -0.2) is 9.50 Å². The highest BCUT2D eigenvalue weighted by molar-refractivity contribution is 6.30. The third-order valence-electron chi connectivity index (χ3n) is 4.76. The zero-order chi connectivity index (χ0) is 20.4. The molecule has 0 unspecified atom stereocenters. The standard InChI is InChI=1S/C22H20ClN5O/c1-14-19(12-16-6-4-3-5-7-16)15(2)28-22(24-14)26-20(27-28)13-21(29)25-18-10-8-17(23)9-11-18/h3-11H,12-13H2,1-2H3,(H,25,29). The number of carbonyl (C=O) groups is 1. The maximum absolute atomic E-state index is 12.3. The molecule has 4 rings (SSSR count). The van der Waals surface area contributed by atoms with Gasteiger partial charge in [0.05, 0.1) is 6.42 Å². The van der Waals surface area contributed by atoms with Gasteiger partial charge in [0.25, 0.3) is 5.78 Å². The molecule has 0 fully saturated rings. The minimum absolute atomic E-state index is 0.0679. The van der Waals surface area contributed by atoms with Gasteiger partial charge < -0.3 is 5.32 Å². The SMILES string of the molecule is Cc1nc2nc(CC(=O)Nc3ccc(Cl)cc3)nn2c(C)c1Cc1ccccc1. The molecular weight excluding hydrogens is 386 g/mol. The zero-order valence-corrected chi connectivity index (χ0v) is 16.9. The van der Waals surface area contributed by atoms with E-state index in [4.69, 9.17) is 11.6 Å². The van der Waals surface area contributed by atoms with Crippen LogP contribution in [0.15, 0.2) is 54.6 Å². The fourth-order valence-electron chi connectivity index (χ4n) is 3.26. The van der Waals surface area contributed by atoms with E-state index in [9.17, 15) is 4.79 Å². The summed E-state index contributed by atoms with van der Waals surface area (Å²) in [5, 5.41) is 7.96. The highest BCUT2D eigenvalue weighted by Crippen LogP contribution is 2.18. The normalized spacial score (nSPS) is 11.0. The quantitative estimate of drug-likeness (QED) is 0.541. The number of nitrogens with zero attached hydrogens (tertiary/aromatic N) is 4. The van der Waals surface area contributed by atoms with Gasteiger partial charge in [-0.2, -0.15) is 4.98 Å². The average Bonchev–Trinajstić information content (AvgIpc) is 3.10. The summed E-state index contributed by atoms with van der Waals surface area (Å²) in [5.41, 5.74) is 4.91. The van der Waals surface area contributed by atoms with E-state index in [1.165, 1.54) is 5.56 Å². The second-order valence-corrected chi connectivity index (χ2v) is 7.33. The van der Waals surface area contributed by atoms with Crippen molar-refractivity contribution in [2.75, 3.05) is 5.32 Å². The number of aryl methyl sites for hydroxylation is 2. The van der Waals surface area contributed by atoms with Gasteiger partial charge >= 0.3 is 0 Å². The topological polar surface area (TPSA) is 72.2 Å². The van der Waals surface area contributed by atoms with Crippen molar-refractivity contribution in [1.29, 1.82) is 0 Å². The molecule has 0 aliphatic carbocycles. The Balaban J connectivity index is 1.56. The first-order valence-corrected chi connectivity index (χ1v) is 9.68. The fourth-order valence-corrected chi connectivity index (χ4v) is 3.39. The number of aromatic nitrogens is 4. The van der Waals surface area contributed by atoms with Crippen molar-refractivity contribution in [3.8, 4) is 0 Å². The van der Waals surface area contributed by atoms with E-state index < -0.39 is 0 Å². The van der Waals surface area contributed by atoms with Crippen LogP contribution >= 0.6 is 11.6 Å². The highest BCUT2D eigenvalue weighted by Gasteiger charge is 2.15. The van der Waals surface area contributed by atoms with Crippen molar-refractivity contribution in [2.45, 2.75) is 26.7 Å². The van der Waals surface area contributed by atoms with Crippen LogP contribution in [0.3, 0.4) is 0 Å². The molecule has 29 heavy (non-hydrogen) atoms. The van der Waals surface area contributed by atoms with Gasteiger partial charge in [0.15, 0.2) is 5.82 Å². The second kappa shape index (κ2) is 8.01. The molecule has 4 aromatic rings. The van der Waals surface area contributed by atoms with Gasteiger partial charge in [-0.05, 0) is 49.2 Å². The van der Waals surface area contributed by atoms with Crippen LogP contribution in [0.5, 0.6) is 0 Å². The van der Waals surface area contributed by atoms with Crippen LogP contribution in [-0.4, -0.2) is 25.5 Å². The van der Waals surface area contributed by atoms with Gasteiger partial charge in [-0.3, -0.25) is 4.79 Å². The van der Waals surface area contributed by atoms with E-state index >= 15 is 0 Å². The van der Waals surface area contributed by atoms with Gasteiger partial charge in [0.2, 0.25) is 5.91 Å². The van der Waals surface area contributed by atoms with E-state index in [0.717, 1.165) is 23.4 Å². The number of fused-ring (bicyclic) bond motifs is 1. The van der Waals surface area contributed by atoms with Crippen molar-refractivity contribution in [3.63, 3.8) is 0 Å². The van der Waals surface area contributed by atoms with Crippen LogP contribution in [0.1, 0.15) is 28.3 Å². The molecule has 2 aromatic carbocycles. The maximum atomic E-state index is 12.3. The van der Waals surface area contributed by atoms with Gasteiger partial charge in [0, 0.05) is 28.5 Å². The number of carbonyl (C=O) groups excluding carboxylic acids is 1. The Labute approximate surface area is 173 Å². The first-order chi connectivity index (χ1) is 14.0. The predicted octanol–water partition coefficient (Wildman–Crippen LogP) is 4.17. The summed E-state index contributed by atoms with van der Waals surface area (Å²) in [6.45, 7) is 3.99. The Bertz CT molecular complexity index is 1170. The smallest absolute Gasteiger partial charge is 0.252 e. The lowest BCUT2D eigenvalue weighted by atomic mass is 10.0. The van der Waals surface area contributed by atoms with E-state index in [-0.39, 0.29) is 12.3 Å². The van der Waals surface area contributed by atoms with Crippen LogP contribution in [0.4, 0.5) is 5.69 Å². The number of halogens is 1. The lowest BCUT2D eigenvalue weighted by Gasteiger charge is -2.10. The number of nitrogens with one attached hydrogen (secondary N) is 1. The first kappa shape index (κ1) is 19.1. The van der Waals surface area contributed by atoms with Crippen LogP contribution in [0, 0.1) is 13.8 Å². The van der Waals surface area contributed by atoms with Crippen LogP contribution in [-0.2, 0) is 17.6 Å². The van der Waals surface area contributed by atoms with E-state index in [2.05, 4.69) is 32.5 Å². The Kier molecular flexibility index (Phi) is 5.27. The van der Waals surface area contributed by atoms with Crippen molar-refractivity contribution in [3.05, 3.63) is 88.0 Å². The number of benzene rings is 2. The number of amides is 1. The monoisotopic (exact) mass is 405 g/mol. The Morgan fingerprint density at radius 1 is 1.03 bits per heavy atom. The third kappa shape index (κ3) is 4.27. The van der Waals surface area contributed by atoms with Crippen molar-refractivity contribution < 1.29 is 4.79 Å². The van der Waals surface area contributed by atoms with Gasteiger partial charge in [0.1, 0.15) is 0 Å². The lowest BCUT2D eigenvalue weighted by molar-refractivity contribution is -0.115. The van der Waals surface area contributed by atoms with Crippen molar-refractivity contribution in [1.82, 2.24) is 19.6 Å². The fraction of sp³-hybridized carbons (Fsp3) is 0.182. The minimum Gasteiger partial charge on any atom is -0.326 e. The minimum atomic E-state index is -0.192. The molecule has 0 saturated heterocycles.